The van der Waals surface area contributed by atoms with Crippen LogP contribution in [-0.2, 0) is 49.2 Å². The first-order valence-electron chi connectivity index (χ1n) is 18.0. The quantitative estimate of drug-likeness (QED) is 0.0720. The number of hydrogen-bond acceptors (Lipinski definition) is 16. The molecule has 4 aliphatic rings. The molecule has 0 unspecified atom stereocenters. The first kappa shape index (κ1) is 37.0. The van der Waals surface area contributed by atoms with Crippen LogP contribution in [0.15, 0.2) is 63.0 Å². The number of nitrogens with two attached hydrogens (primary N) is 1. The summed E-state index contributed by atoms with van der Waals surface area (Å²) in [4.78, 5) is 77.5. The number of aromatic nitrogens is 3. The molecule has 0 fully saturated rings. The van der Waals surface area contributed by atoms with E-state index in [1.54, 1.807) is 18.2 Å². The minimum absolute atomic E-state index is 0.0210. The molecule has 0 saturated heterocycles. The van der Waals surface area contributed by atoms with E-state index < -0.39 is 49.9 Å². The number of fused-ring (bicyclic) bond motifs is 5. The van der Waals surface area contributed by atoms with Crippen LogP contribution in [0.4, 0.5) is 11.4 Å². The van der Waals surface area contributed by atoms with Gasteiger partial charge < -0.3 is 39.3 Å². The number of aromatic hydroxyl groups is 1. The molecule has 300 valence electrons. The molecule has 5 aromatic rings. The zero-order chi connectivity index (χ0) is 42.0. The van der Waals surface area contributed by atoms with Gasteiger partial charge in [-0.15, -0.1) is 4.85 Å². The van der Waals surface area contributed by atoms with Crippen molar-refractivity contribution >= 4 is 56.1 Å². The molecular formula is C39H32N8O12. The van der Waals surface area contributed by atoms with Gasteiger partial charge in [0.2, 0.25) is 11.2 Å². The van der Waals surface area contributed by atoms with E-state index in [1.165, 1.54) is 43.5 Å². The lowest BCUT2D eigenvalue weighted by Gasteiger charge is -2.35. The van der Waals surface area contributed by atoms with Gasteiger partial charge in [0, 0.05) is 68.7 Å². The maximum absolute atomic E-state index is 14.1. The lowest BCUT2D eigenvalue weighted by Crippen LogP contribution is -2.49. The molecule has 0 amide bonds. The number of hydrogen-bond donors (Lipinski definition) is 2. The van der Waals surface area contributed by atoms with Crippen molar-refractivity contribution < 1.29 is 43.4 Å². The fourth-order valence-corrected chi connectivity index (χ4v) is 7.89. The number of carbonyl (C=O) groups excluding carboxylic acids is 2. The number of cyclic esters (lactones) is 1. The van der Waals surface area contributed by atoms with Crippen molar-refractivity contribution in [2.24, 2.45) is 5.16 Å². The number of non-ortho nitro benzene ring substituents is 2. The van der Waals surface area contributed by atoms with Crippen molar-refractivity contribution in [3.63, 3.8) is 0 Å². The van der Waals surface area contributed by atoms with Crippen molar-refractivity contribution in [3.8, 4) is 28.3 Å². The van der Waals surface area contributed by atoms with Crippen LogP contribution in [0.25, 0.3) is 55.3 Å². The molecule has 2 aromatic heterocycles. The highest BCUT2D eigenvalue weighted by atomic mass is 16.7. The Hall–Kier alpha value is -7.61. The minimum atomic E-state index is -2.16. The molecule has 0 bridgehead atoms. The van der Waals surface area contributed by atoms with E-state index in [1.807, 2.05) is 25.1 Å². The molecule has 5 heterocycles. The average Bonchev–Trinajstić information content (AvgIpc) is 3.70. The molecule has 9 rings (SSSR count). The van der Waals surface area contributed by atoms with Crippen molar-refractivity contribution in [3.05, 3.63) is 107 Å². The van der Waals surface area contributed by atoms with Gasteiger partial charge in [-0.3, -0.25) is 25.0 Å². The molecule has 0 saturated carbocycles. The van der Waals surface area contributed by atoms with Gasteiger partial charge in [-0.05, 0) is 59.1 Å². The minimum Gasteiger partial charge on any atom is -0.508 e. The fourth-order valence-electron chi connectivity index (χ4n) is 7.89. The van der Waals surface area contributed by atoms with E-state index in [-0.39, 0.29) is 57.3 Å². The number of phenolic OH excluding ortho intramolecular Hbond substituents is 1. The zero-order valence-corrected chi connectivity index (χ0v) is 31.9. The van der Waals surface area contributed by atoms with Gasteiger partial charge in [0.05, 0.1) is 44.9 Å². The Kier molecular flexibility index (Phi) is 7.80. The average molecular weight is 805 g/mol. The maximum atomic E-state index is 14.1. The van der Waals surface area contributed by atoms with Crippen molar-refractivity contribution in [2.75, 3.05) is 19.9 Å². The molecule has 59 heavy (non-hydrogen) atoms. The van der Waals surface area contributed by atoms with E-state index in [0.29, 0.717) is 45.7 Å². The summed E-state index contributed by atoms with van der Waals surface area (Å²) in [5.41, 5.74) is -1.78. The number of nitrogen functional groups attached to an aromatic ring is 1. The van der Waals surface area contributed by atoms with Gasteiger partial charge in [-0.1, -0.05) is 5.16 Å². The third kappa shape index (κ3) is 5.43. The molecule has 1 aliphatic carbocycles. The summed E-state index contributed by atoms with van der Waals surface area (Å²) in [6, 6.07) is 11.4. The van der Waals surface area contributed by atoms with Gasteiger partial charge >= 0.3 is 11.9 Å². The molecule has 20 nitrogen and oxygen atoms in total. The predicted octanol–water partition coefficient (Wildman–Crippen LogP) is 4.09. The Bertz CT molecular complexity index is 3140. The number of nitro groups is 2. The summed E-state index contributed by atoms with van der Waals surface area (Å²) in [7, 11) is 3.75. The number of phenols is 1. The summed E-state index contributed by atoms with van der Waals surface area (Å²) in [6.07, 6.45) is 0. The largest absolute Gasteiger partial charge is 0.508 e. The van der Waals surface area contributed by atoms with Gasteiger partial charge in [0.25, 0.3) is 16.9 Å². The van der Waals surface area contributed by atoms with Crippen molar-refractivity contribution in [2.45, 2.75) is 51.7 Å². The Balaban J connectivity index is 1.11. The Morgan fingerprint density at radius 2 is 1.75 bits per heavy atom. The van der Waals surface area contributed by atoms with E-state index in [0.717, 1.165) is 16.3 Å². The third-order valence-corrected chi connectivity index (χ3v) is 10.8. The zero-order valence-electron chi connectivity index (χ0n) is 31.9. The number of ether oxygens (including phenoxy) is 2. The molecule has 20 heteroatoms. The summed E-state index contributed by atoms with van der Waals surface area (Å²) < 4.78 is 18.4. The highest BCUT2D eigenvalue weighted by Gasteiger charge is 2.50. The Morgan fingerprint density at radius 1 is 1.05 bits per heavy atom. The van der Waals surface area contributed by atoms with E-state index in [2.05, 4.69) is 5.16 Å². The summed E-state index contributed by atoms with van der Waals surface area (Å²) >= 11 is 0. The second-order valence-corrected chi connectivity index (χ2v) is 15.4. The van der Waals surface area contributed by atoms with Crippen LogP contribution >= 0.6 is 0 Å². The number of rotatable bonds is 8. The standard InChI is InChI=1S/C39H32N8O12/c1-38(2,59-42-34-21-9-18(46(52)53)11-27-31(21)32-22(34)10-19(47(54)55)12-30(32)58-45(27)40)36(50)57-39(3)25-13-28-33-17(14-44(28)35(49)24(25)16-56-37(39)51)8-20-23(15-43(4)5)29(48)7-6-26(20)41-33/h6-13,48H,14-16,40H2,1-5H3/b42-34+/t39-/m0/s1. The van der Waals surface area contributed by atoms with Crippen molar-refractivity contribution in [1.82, 2.24) is 19.3 Å². The van der Waals surface area contributed by atoms with Crippen LogP contribution < -0.4 is 16.8 Å². The highest BCUT2D eigenvalue weighted by molar-refractivity contribution is 6.13. The van der Waals surface area contributed by atoms with Crippen LogP contribution in [0, 0.1) is 20.2 Å². The highest BCUT2D eigenvalue weighted by Crippen LogP contribution is 2.44. The SMILES string of the molecule is CN(C)Cc1c(O)ccc2nc3c(cc12)Cn1c-3cc2c(c1=O)COC(=O)[C@@]2(C)OC(=O)C(C)(C)O/N=c1/c2cc([N+](=O)[O-])cc3on(N)c4cc([N+](=O)[O-])cc1c4-c32. The van der Waals surface area contributed by atoms with Crippen LogP contribution in [0.1, 0.15) is 43.0 Å². The van der Waals surface area contributed by atoms with Gasteiger partial charge in [-0.2, -0.15) is 0 Å². The summed E-state index contributed by atoms with van der Waals surface area (Å²) in [6.45, 7) is 4.09. The fraction of sp³-hybridized carbons (Fsp3) is 0.256. The first-order valence-corrected chi connectivity index (χ1v) is 18.0. The van der Waals surface area contributed by atoms with Crippen LogP contribution in [0.3, 0.4) is 0 Å². The van der Waals surface area contributed by atoms with E-state index in [9.17, 15) is 39.7 Å². The first-order chi connectivity index (χ1) is 27.9. The lowest BCUT2D eigenvalue weighted by molar-refractivity contribution is -0.384. The molecule has 3 aromatic carbocycles. The van der Waals surface area contributed by atoms with Crippen LogP contribution in [-0.4, -0.2) is 65.9 Å². The van der Waals surface area contributed by atoms with E-state index in [4.69, 9.17) is 29.7 Å². The Morgan fingerprint density at radius 3 is 2.44 bits per heavy atom. The Labute approximate surface area is 330 Å². The van der Waals surface area contributed by atoms with E-state index >= 15 is 0 Å². The number of esters is 2. The number of nitrogens with zero attached hydrogens (tertiary/aromatic N) is 7. The number of benzene rings is 3. The number of pyridine rings is 2. The molecule has 1 atom stereocenters. The summed E-state index contributed by atoms with van der Waals surface area (Å²) in [5, 5.41) is 39.5. The predicted molar refractivity (Wildman–Crippen MR) is 207 cm³/mol. The van der Waals surface area contributed by atoms with Crippen LogP contribution in [0.2, 0.25) is 0 Å². The molecule has 3 N–H and O–H groups in total. The molecular weight excluding hydrogens is 772 g/mol. The van der Waals surface area contributed by atoms with Gasteiger partial charge in [-0.25, -0.2) is 14.6 Å². The van der Waals surface area contributed by atoms with Crippen molar-refractivity contribution in [1.29, 1.82) is 0 Å². The normalized spacial score (nSPS) is 16.5. The van der Waals surface area contributed by atoms with Crippen LogP contribution in [0.5, 0.6) is 5.75 Å². The molecule has 0 radical (unpaired) electrons. The second kappa shape index (κ2) is 12.4. The number of nitro benzene ring substituents is 2. The third-order valence-electron chi connectivity index (χ3n) is 10.8. The molecule has 0 spiro atoms. The monoisotopic (exact) mass is 804 g/mol. The second-order valence-electron chi connectivity index (χ2n) is 15.4. The molecule has 3 aliphatic heterocycles. The topological polar surface area (TPSA) is 263 Å². The lowest BCUT2D eigenvalue weighted by atomic mass is 9.89. The maximum Gasteiger partial charge on any atom is 0.355 e. The smallest absolute Gasteiger partial charge is 0.355 e. The van der Waals surface area contributed by atoms with Gasteiger partial charge in [0.1, 0.15) is 23.2 Å². The number of carbonyl (C=O) groups is 2. The van der Waals surface area contributed by atoms with Gasteiger partial charge in [0.15, 0.2) is 5.58 Å². The summed E-state index contributed by atoms with van der Waals surface area (Å²) in [5.74, 6) is 4.08.